The highest BCUT2D eigenvalue weighted by atomic mass is 19.4. The maximum absolute atomic E-state index is 12.4. The number of nitrogens with one attached hydrogen (secondary N) is 1. The molecule has 2 N–H and O–H groups in total. The molecule has 4 nitrogen and oxygen atoms in total. The van der Waals surface area contributed by atoms with E-state index in [0.717, 1.165) is 36.3 Å². The molecule has 1 unspecified atom stereocenters. The van der Waals surface area contributed by atoms with E-state index in [-0.39, 0.29) is 19.3 Å². The van der Waals surface area contributed by atoms with Crippen molar-refractivity contribution in [2.24, 2.45) is 0 Å². The Morgan fingerprint density at radius 3 is 2.42 bits per heavy atom. The van der Waals surface area contributed by atoms with Gasteiger partial charge in [-0.15, -0.1) is 0 Å². The summed E-state index contributed by atoms with van der Waals surface area (Å²) in [7, 11) is 0. The van der Waals surface area contributed by atoms with Gasteiger partial charge >= 0.3 is 6.18 Å². The predicted molar refractivity (Wildman–Crippen MR) is 123 cm³/mol. The van der Waals surface area contributed by atoms with Gasteiger partial charge in [0.25, 0.3) is 0 Å². The summed E-state index contributed by atoms with van der Waals surface area (Å²) in [6.45, 7) is 3.99. The lowest BCUT2D eigenvalue weighted by Crippen LogP contribution is -2.54. The molecule has 33 heavy (non-hydrogen) atoms. The number of benzene rings is 2. The van der Waals surface area contributed by atoms with Crippen LogP contribution >= 0.6 is 0 Å². The fourth-order valence-corrected chi connectivity index (χ4v) is 4.28. The third-order valence-electron chi connectivity index (χ3n) is 6.06. The fraction of sp³-hybridized carbons (Fsp3) is 0.520. The summed E-state index contributed by atoms with van der Waals surface area (Å²) in [5, 5.41) is 12.5. The SMILES string of the molecule is CC1Cc2cc(CO)ccc2CN1CC(F)(F)F.FCCCN1CC(Nc2ccccc2)C1. The first kappa shape index (κ1) is 25.5. The number of aliphatic hydroxyl groups is 1. The van der Waals surface area contributed by atoms with Gasteiger partial charge in [0.05, 0.1) is 25.9 Å². The molecule has 2 aliphatic heterocycles. The minimum atomic E-state index is -4.16. The zero-order chi connectivity index (χ0) is 23.8. The predicted octanol–water partition coefficient (Wildman–Crippen LogP) is 4.63. The molecule has 0 aromatic heterocycles. The molecule has 0 amide bonds. The summed E-state index contributed by atoms with van der Waals surface area (Å²) < 4.78 is 49.2. The Labute approximate surface area is 193 Å². The lowest BCUT2D eigenvalue weighted by Gasteiger charge is -2.40. The van der Waals surface area contributed by atoms with Crippen LogP contribution < -0.4 is 5.32 Å². The molecular formula is C25H33F4N3O. The van der Waals surface area contributed by atoms with Crippen LogP contribution in [0.1, 0.15) is 30.0 Å². The molecule has 0 saturated carbocycles. The van der Waals surface area contributed by atoms with Gasteiger partial charge in [-0.2, -0.15) is 13.2 Å². The zero-order valence-corrected chi connectivity index (χ0v) is 19.0. The zero-order valence-electron chi connectivity index (χ0n) is 19.0. The van der Waals surface area contributed by atoms with E-state index in [9.17, 15) is 17.6 Å². The van der Waals surface area contributed by atoms with Crippen molar-refractivity contribution >= 4 is 5.69 Å². The minimum absolute atomic E-state index is 0.0338. The van der Waals surface area contributed by atoms with Crippen molar-refractivity contribution in [2.45, 2.75) is 51.2 Å². The maximum atomic E-state index is 12.4. The lowest BCUT2D eigenvalue weighted by atomic mass is 9.93. The summed E-state index contributed by atoms with van der Waals surface area (Å²) in [6.07, 6.45) is -2.89. The van der Waals surface area contributed by atoms with Crippen molar-refractivity contribution < 1.29 is 22.7 Å². The molecule has 0 radical (unpaired) electrons. The summed E-state index contributed by atoms with van der Waals surface area (Å²) in [5.41, 5.74) is 3.96. The van der Waals surface area contributed by atoms with Gasteiger partial charge in [-0.1, -0.05) is 36.4 Å². The first-order valence-corrected chi connectivity index (χ1v) is 11.4. The molecule has 2 aromatic rings. The normalized spacial score (nSPS) is 19.3. The van der Waals surface area contributed by atoms with Gasteiger partial charge in [0.15, 0.2) is 0 Å². The second-order valence-corrected chi connectivity index (χ2v) is 8.84. The third kappa shape index (κ3) is 7.98. The van der Waals surface area contributed by atoms with Gasteiger partial charge in [-0.05, 0) is 48.6 Å². The van der Waals surface area contributed by atoms with Crippen molar-refractivity contribution in [3.63, 3.8) is 0 Å². The smallest absolute Gasteiger partial charge is 0.392 e. The van der Waals surface area contributed by atoms with Crippen LogP contribution in [0.3, 0.4) is 0 Å². The molecule has 0 spiro atoms. The van der Waals surface area contributed by atoms with E-state index >= 15 is 0 Å². The van der Waals surface area contributed by atoms with E-state index in [0.29, 0.717) is 25.4 Å². The number of alkyl halides is 4. The molecule has 1 fully saturated rings. The molecule has 0 bridgehead atoms. The van der Waals surface area contributed by atoms with Crippen LogP contribution in [0.15, 0.2) is 48.5 Å². The number of likely N-dealkylation sites (tertiary alicyclic amines) is 1. The van der Waals surface area contributed by atoms with E-state index in [1.165, 1.54) is 10.6 Å². The van der Waals surface area contributed by atoms with Gasteiger partial charge in [-0.25, -0.2) is 0 Å². The highest BCUT2D eigenvalue weighted by molar-refractivity contribution is 5.44. The number of rotatable bonds is 7. The topological polar surface area (TPSA) is 38.7 Å². The molecule has 0 aliphatic carbocycles. The van der Waals surface area contributed by atoms with E-state index in [1.807, 2.05) is 30.3 Å². The van der Waals surface area contributed by atoms with Gasteiger partial charge in [0, 0.05) is 37.9 Å². The maximum Gasteiger partial charge on any atom is 0.401 e. The first-order chi connectivity index (χ1) is 15.8. The Hall–Kier alpha value is -2.16. The standard InChI is InChI=1S/C13H16F3NO.C12H17FN2/c1-9-4-12-5-10(7-18)2-3-11(12)6-17(9)8-13(14,15)16;13-7-4-8-15-9-12(10-15)14-11-5-2-1-3-6-11/h2-3,5,9,18H,4,6-8H2,1H3;1-3,5-6,12,14H,4,7-10H2. The molecule has 182 valence electrons. The Morgan fingerprint density at radius 1 is 1.06 bits per heavy atom. The van der Waals surface area contributed by atoms with Gasteiger partial charge < -0.3 is 10.4 Å². The number of fused-ring (bicyclic) bond motifs is 1. The molecule has 2 heterocycles. The van der Waals surface area contributed by atoms with Gasteiger partial charge in [0.2, 0.25) is 0 Å². The van der Waals surface area contributed by atoms with Crippen molar-refractivity contribution in [2.75, 3.05) is 38.2 Å². The highest BCUT2D eigenvalue weighted by Gasteiger charge is 2.34. The van der Waals surface area contributed by atoms with E-state index < -0.39 is 12.7 Å². The Bertz CT molecular complexity index is 856. The first-order valence-electron chi connectivity index (χ1n) is 11.4. The number of nitrogens with zero attached hydrogens (tertiary/aromatic N) is 2. The molecule has 8 heteroatoms. The van der Waals surface area contributed by atoms with Crippen LogP contribution in [0.4, 0.5) is 23.2 Å². The number of anilines is 1. The summed E-state index contributed by atoms with van der Waals surface area (Å²) in [6, 6.07) is 16.1. The second-order valence-electron chi connectivity index (χ2n) is 8.84. The Morgan fingerprint density at radius 2 is 1.79 bits per heavy atom. The number of hydrogen-bond donors (Lipinski definition) is 2. The Balaban J connectivity index is 0.000000189. The molecule has 1 saturated heterocycles. The van der Waals surface area contributed by atoms with Gasteiger partial charge in [-0.3, -0.25) is 14.2 Å². The highest BCUT2D eigenvalue weighted by Crippen LogP contribution is 2.27. The largest absolute Gasteiger partial charge is 0.401 e. The fourth-order valence-electron chi connectivity index (χ4n) is 4.28. The summed E-state index contributed by atoms with van der Waals surface area (Å²) >= 11 is 0. The average Bonchev–Trinajstić information content (AvgIpc) is 2.75. The molecule has 4 rings (SSSR count). The molecule has 1 atom stereocenters. The van der Waals surface area contributed by atoms with Crippen LogP contribution in [0.2, 0.25) is 0 Å². The molecule has 2 aliphatic rings. The summed E-state index contributed by atoms with van der Waals surface area (Å²) in [4.78, 5) is 3.72. The van der Waals surface area contributed by atoms with Crippen LogP contribution in [0.5, 0.6) is 0 Å². The van der Waals surface area contributed by atoms with Crippen LogP contribution in [-0.2, 0) is 19.6 Å². The minimum Gasteiger partial charge on any atom is -0.392 e. The van der Waals surface area contributed by atoms with E-state index in [4.69, 9.17) is 5.11 Å². The second kappa shape index (κ2) is 11.8. The van der Waals surface area contributed by atoms with Gasteiger partial charge in [0.1, 0.15) is 0 Å². The molecular weight excluding hydrogens is 434 g/mol. The number of aliphatic hydroxyl groups excluding tert-OH is 1. The van der Waals surface area contributed by atoms with E-state index in [1.54, 1.807) is 13.0 Å². The van der Waals surface area contributed by atoms with Crippen LogP contribution in [0.25, 0.3) is 0 Å². The monoisotopic (exact) mass is 467 g/mol. The number of halogens is 4. The van der Waals surface area contributed by atoms with Crippen molar-refractivity contribution in [3.05, 3.63) is 65.2 Å². The number of para-hydroxylation sites is 1. The van der Waals surface area contributed by atoms with Crippen molar-refractivity contribution in [1.82, 2.24) is 9.80 Å². The number of hydrogen-bond acceptors (Lipinski definition) is 4. The van der Waals surface area contributed by atoms with E-state index in [2.05, 4.69) is 22.3 Å². The average molecular weight is 468 g/mol. The third-order valence-corrected chi connectivity index (χ3v) is 6.06. The van der Waals surface area contributed by atoms with Crippen LogP contribution in [-0.4, -0.2) is 66.0 Å². The summed E-state index contributed by atoms with van der Waals surface area (Å²) in [5.74, 6) is 0. The van der Waals surface area contributed by atoms with Crippen LogP contribution in [0, 0.1) is 0 Å². The lowest BCUT2D eigenvalue weighted by molar-refractivity contribution is -0.152. The van der Waals surface area contributed by atoms with Crippen molar-refractivity contribution in [3.8, 4) is 0 Å². The van der Waals surface area contributed by atoms with Crippen molar-refractivity contribution in [1.29, 1.82) is 0 Å². The molecule has 2 aromatic carbocycles. The quantitative estimate of drug-likeness (QED) is 0.583. The Kier molecular flexibility index (Phi) is 9.11.